The summed E-state index contributed by atoms with van der Waals surface area (Å²) in [6.07, 6.45) is 3.74. The first-order valence-corrected chi connectivity index (χ1v) is 6.52. The molecule has 2 atom stereocenters. The highest BCUT2D eigenvalue weighted by molar-refractivity contribution is 5.91. The van der Waals surface area contributed by atoms with Crippen molar-refractivity contribution in [1.82, 2.24) is 5.32 Å². The second kappa shape index (κ2) is 5.77. The number of urea groups is 1. The molecule has 20 heavy (non-hydrogen) atoms. The zero-order valence-electron chi connectivity index (χ0n) is 11.5. The third-order valence-electron chi connectivity index (χ3n) is 3.44. The fourth-order valence-electron chi connectivity index (χ4n) is 2.32. The van der Waals surface area contributed by atoms with Gasteiger partial charge in [-0.1, -0.05) is 30.4 Å². The summed E-state index contributed by atoms with van der Waals surface area (Å²) in [6.45, 7) is 3.86. The molecular formula is C15H18N2O3. The number of para-hydroxylation sites is 1. The van der Waals surface area contributed by atoms with Crippen LogP contribution in [0.4, 0.5) is 10.5 Å². The number of benzene rings is 1. The molecule has 0 aliphatic heterocycles. The molecule has 1 aromatic rings. The number of aryl methyl sites for hydroxylation is 2. The minimum absolute atomic E-state index is 0.236. The van der Waals surface area contributed by atoms with Gasteiger partial charge in [-0.3, -0.25) is 4.79 Å². The van der Waals surface area contributed by atoms with E-state index >= 15 is 0 Å². The van der Waals surface area contributed by atoms with Crippen molar-refractivity contribution in [2.75, 3.05) is 5.32 Å². The van der Waals surface area contributed by atoms with Crippen LogP contribution in [0.25, 0.3) is 0 Å². The van der Waals surface area contributed by atoms with E-state index in [-0.39, 0.29) is 12.1 Å². The predicted octanol–water partition coefficient (Wildman–Crippen LogP) is 2.45. The Morgan fingerprint density at radius 1 is 1.20 bits per heavy atom. The topological polar surface area (TPSA) is 78.4 Å². The monoisotopic (exact) mass is 274 g/mol. The SMILES string of the molecule is Cc1cccc(C)c1NC(=O)NC1C=CC(C(=O)O)C1. The molecule has 1 aliphatic carbocycles. The van der Waals surface area contributed by atoms with Crippen LogP contribution in [-0.2, 0) is 4.79 Å². The zero-order valence-corrected chi connectivity index (χ0v) is 11.5. The minimum atomic E-state index is -0.860. The summed E-state index contributed by atoms with van der Waals surface area (Å²) in [5, 5.41) is 14.5. The number of anilines is 1. The maximum atomic E-state index is 11.9. The van der Waals surface area contributed by atoms with Gasteiger partial charge in [0.2, 0.25) is 0 Å². The number of amides is 2. The number of carbonyl (C=O) groups is 2. The molecule has 0 saturated heterocycles. The van der Waals surface area contributed by atoms with Crippen LogP contribution in [0.5, 0.6) is 0 Å². The second-order valence-electron chi connectivity index (χ2n) is 5.04. The standard InChI is InChI=1S/C15H18N2O3/c1-9-4-3-5-10(2)13(9)17-15(20)16-12-7-6-11(8-12)14(18)19/h3-7,11-12H,8H2,1-2H3,(H,18,19)(H2,16,17,20). The van der Waals surface area contributed by atoms with Crippen molar-refractivity contribution in [3.63, 3.8) is 0 Å². The lowest BCUT2D eigenvalue weighted by atomic mass is 10.1. The Morgan fingerprint density at radius 2 is 1.85 bits per heavy atom. The van der Waals surface area contributed by atoms with E-state index in [0.717, 1.165) is 16.8 Å². The highest BCUT2D eigenvalue weighted by Gasteiger charge is 2.25. The summed E-state index contributed by atoms with van der Waals surface area (Å²) in [4.78, 5) is 22.8. The van der Waals surface area contributed by atoms with Crippen molar-refractivity contribution in [1.29, 1.82) is 0 Å². The van der Waals surface area contributed by atoms with Crippen molar-refractivity contribution in [2.24, 2.45) is 5.92 Å². The fraction of sp³-hybridized carbons (Fsp3) is 0.333. The Labute approximate surface area is 117 Å². The average Bonchev–Trinajstić information content (AvgIpc) is 2.82. The van der Waals surface area contributed by atoms with Crippen LogP contribution in [0.15, 0.2) is 30.4 Å². The first-order chi connectivity index (χ1) is 9.47. The zero-order chi connectivity index (χ0) is 14.7. The van der Waals surface area contributed by atoms with Crippen LogP contribution < -0.4 is 10.6 Å². The van der Waals surface area contributed by atoms with E-state index in [2.05, 4.69) is 10.6 Å². The van der Waals surface area contributed by atoms with Crippen molar-refractivity contribution in [3.05, 3.63) is 41.5 Å². The summed E-state index contributed by atoms with van der Waals surface area (Å²) in [5.74, 6) is -1.37. The van der Waals surface area contributed by atoms with Gasteiger partial charge in [0.1, 0.15) is 0 Å². The molecule has 0 radical (unpaired) electrons. The molecule has 0 saturated carbocycles. The van der Waals surface area contributed by atoms with Gasteiger partial charge in [0.05, 0.1) is 12.0 Å². The second-order valence-corrected chi connectivity index (χ2v) is 5.04. The fourth-order valence-corrected chi connectivity index (χ4v) is 2.32. The average molecular weight is 274 g/mol. The molecule has 0 aromatic heterocycles. The van der Waals surface area contributed by atoms with Gasteiger partial charge in [-0.2, -0.15) is 0 Å². The minimum Gasteiger partial charge on any atom is -0.481 e. The van der Waals surface area contributed by atoms with Gasteiger partial charge < -0.3 is 15.7 Å². The van der Waals surface area contributed by atoms with Crippen LogP contribution >= 0.6 is 0 Å². The van der Waals surface area contributed by atoms with Crippen molar-refractivity contribution in [2.45, 2.75) is 26.3 Å². The lowest BCUT2D eigenvalue weighted by Crippen LogP contribution is -2.36. The van der Waals surface area contributed by atoms with Gasteiger partial charge in [-0.25, -0.2) is 4.79 Å². The van der Waals surface area contributed by atoms with Gasteiger partial charge in [-0.05, 0) is 31.4 Å². The third kappa shape index (κ3) is 3.17. The van der Waals surface area contributed by atoms with E-state index in [4.69, 9.17) is 5.11 Å². The largest absolute Gasteiger partial charge is 0.481 e. The molecule has 0 fully saturated rings. The Kier molecular flexibility index (Phi) is 4.08. The number of carboxylic acid groups (broad SMARTS) is 1. The first-order valence-electron chi connectivity index (χ1n) is 6.52. The number of carboxylic acids is 1. The van der Waals surface area contributed by atoms with E-state index in [1.54, 1.807) is 12.2 Å². The molecule has 5 nitrogen and oxygen atoms in total. The quantitative estimate of drug-likeness (QED) is 0.741. The van der Waals surface area contributed by atoms with Crippen LogP contribution in [0.1, 0.15) is 17.5 Å². The molecule has 1 aromatic carbocycles. The van der Waals surface area contributed by atoms with Crippen molar-refractivity contribution < 1.29 is 14.7 Å². The number of nitrogens with one attached hydrogen (secondary N) is 2. The molecule has 2 amide bonds. The summed E-state index contributed by atoms with van der Waals surface area (Å²) in [5.41, 5.74) is 2.78. The number of carbonyl (C=O) groups excluding carboxylic acids is 1. The van der Waals surface area contributed by atoms with Gasteiger partial charge >= 0.3 is 12.0 Å². The van der Waals surface area contributed by atoms with E-state index in [1.807, 2.05) is 32.0 Å². The summed E-state index contributed by atoms with van der Waals surface area (Å²) in [6, 6.07) is 5.24. The van der Waals surface area contributed by atoms with E-state index in [9.17, 15) is 9.59 Å². The van der Waals surface area contributed by atoms with E-state index in [1.165, 1.54) is 0 Å². The Hall–Kier alpha value is -2.30. The van der Waals surface area contributed by atoms with Crippen LogP contribution in [0, 0.1) is 19.8 Å². The lowest BCUT2D eigenvalue weighted by molar-refractivity contribution is -0.140. The van der Waals surface area contributed by atoms with Gasteiger partial charge in [-0.15, -0.1) is 0 Å². The van der Waals surface area contributed by atoms with Crippen molar-refractivity contribution >= 4 is 17.7 Å². The molecule has 106 valence electrons. The molecule has 5 heteroatoms. The Balaban J connectivity index is 1.94. The Morgan fingerprint density at radius 3 is 2.40 bits per heavy atom. The normalized spacial score (nSPS) is 20.7. The maximum absolute atomic E-state index is 11.9. The smallest absolute Gasteiger partial charge is 0.319 e. The molecule has 3 N–H and O–H groups in total. The molecule has 2 unspecified atom stereocenters. The molecule has 1 aliphatic rings. The summed E-state index contributed by atoms with van der Waals surface area (Å²) < 4.78 is 0. The van der Waals surface area contributed by atoms with E-state index < -0.39 is 11.9 Å². The highest BCUT2D eigenvalue weighted by Crippen LogP contribution is 2.20. The molecule has 0 spiro atoms. The summed E-state index contributed by atoms with van der Waals surface area (Å²) >= 11 is 0. The maximum Gasteiger partial charge on any atom is 0.319 e. The Bertz CT molecular complexity index is 546. The van der Waals surface area contributed by atoms with Gasteiger partial charge in [0.25, 0.3) is 0 Å². The third-order valence-corrected chi connectivity index (χ3v) is 3.44. The first kappa shape index (κ1) is 14.1. The summed E-state index contributed by atoms with van der Waals surface area (Å²) in [7, 11) is 0. The predicted molar refractivity (Wildman–Crippen MR) is 76.7 cm³/mol. The van der Waals surface area contributed by atoms with Gasteiger partial charge in [0, 0.05) is 5.69 Å². The van der Waals surface area contributed by atoms with Crippen LogP contribution in [0.2, 0.25) is 0 Å². The number of hydrogen-bond donors (Lipinski definition) is 3. The van der Waals surface area contributed by atoms with Crippen LogP contribution in [0.3, 0.4) is 0 Å². The molecule has 0 bridgehead atoms. The van der Waals surface area contributed by atoms with Crippen molar-refractivity contribution in [3.8, 4) is 0 Å². The highest BCUT2D eigenvalue weighted by atomic mass is 16.4. The lowest BCUT2D eigenvalue weighted by Gasteiger charge is -2.15. The molecular weight excluding hydrogens is 256 g/mol. The van der Waals surface area contributed by atoms with Gasteiger partial charge in [0.15, 0.2) is 0 Å². The molecule has 2 rings (SSSR count). The van der Waals surface area contributed by atoms with E-state index in [0.29, 0.717) is 6.42 Å². The number of hydrogen-bond acceptors (Lipinski definition) is 2. The van der Waals surface area contributed by atoms with Crippen LogP contribution in [-0.4, -0.2) is 23.1 Å². The number of aliphatic carboxylic acids is 1. The number of rotatable bonds is 3. The molecule has 0 heterocycles.